The molecule has 0 radical (unpaired) electrons. The molecule has 0 spiro atoms. The van der Waals surface area contributed by atoms with Crippen molar-refractivity contribution in [1.82, 2.24) is 24.0 Å². The summed E-state index contributed by atoms with van der Waals surface area (Å²) >= 11 is 0.939. The van der Waals surface area contributed by atoms with Crippen LogP contribution in [0.5, 0.6) is 0 Å². The molecule has 1 saturated carbocycles. The predicted molar refractivity (Wildman–Crippen MR) is 101 cm³/mol. The van der Waals surface area contributed by atoms with Gasteiger partial charge in [0.15, 0.2) is 11.4 Å². The lowest BCUT2D eigenvalue weighted by Crippen LogP contribution is -2.38. The Morgan fingerprint density at radius 3 is 2.30 bits per heavy atom. The fourth-order valence-corrected chi connectivity index (χ4v) is 3.85. The Morgan fingerprint density at radius 1 is 1.15 bits per heavy atom. The average Bonchev–Trinajstić information content (AvgIpc) is 3.46. The van der Waals surface area contributed by atoms with Crippen LogP contribution in [0.15, 0.2) is 14.6 Å². The van der Waals surface area contributed by atoms with Gasteiger partial charge in [-0.2, -0.15) is 0 Å². The van der Waals surface area contributed by atoms with Gasteiger partial charge in [0.2, 0.25) is 5.91 Å². The van der Waals surface area contributed by atoms with Gasteiger partial charge in [-0.15, -0.1) is 0 Å². The van der Waals surface area contributed by atoms with Crippen LogP contribution in [-0.4, -0.2) is 55.0 Å². The van der Waals surface area contributed by atoms with Gasteiger partial charge in [-0.3, -0.25) is 23.5 Å². The maximum atomic E-state index is 12.8. The Kier molecular flexibility index (Phi) is 4.94. The number of nitrogens with zero attached hydrogens (tertiary/aromatic N) is 5. The number of Topliss-reactive ketones (excluding diaryl/α,β-unsaturated/α-hetero) is 1. The molecule has 144 valence electrons. The fourth-order valence-electron chi connectivity index (χ4n) is 2.71. The quantitative estimate of drug-likeness (QED) is 0.402. The number of ketones is 1. The van der Waals surface area contributed by atoms with Crippen molar-refractivity contribution in [2.45, 2.75) is 36.0 Å². The third-order valence-electron chi connectivity index (χ3n) is 4.49. The molecule has 9 nitrogen and oxygen atoms in total. The number of carbonyl (C=O) groups is 2. The van der Waals surface area contributed by atoms with Crippen LogP contribution in [0.25, 0.3) is 11.0 Å². The molecule has 1 aliphatic rings. The van der Waals surface area contributed by atoms with E-state index in [9.17, 15) is 19.2 Å². The summed E-state index contributed by atoms with van der Waals surface area (Å²) in [6, 6.07) is 0. The van der Waals surface area contributed by atoms with Crippen LogP contribution < -0.4 is 11.2 Å². The SMILES string of the molecule is CC(=O)C(Sc1nc(C2CC2)nc2c1c(=O)n(C)c(=O)n2C)C(=O)N(C)C. The zero-order valence-electron chi connectivity index (χ0n) is 15.8. The Hall–Kier alpha value is -2.49. The summed E-state index contributed by atoms with van der Waals surface area (Å²) in [4.78, 5) is 59.8. The molecule has 2 heterocycles. The predicted octanol–water partition coefficient (Wildman–Crippen LogP) is 0.0425. The van der Waals surface area contributed by atoms with Gasteiger partial charge in [0, 0.05) is 34.1 Å². The number of aromatic nitrogens is 4. The molecule has 2 aromatic rings. The van der Waals surface area contributed by atoms with Crippen LogP contribution in [0, 0.1) is 0 Å². The van der Waals surface area contributed by atoms with E-state index in [0.29, 0.717) is 5.82 Å². The van der Waals surface area contributed by atoms with E-state index in [4.69, 9.17) is 0 Å². The van der Waals surface area contributed by atoms with Gasteiger partial charge in [0.05, 0.1) is 0 Å². The highest BCUT2D eigenvalue weighted by Gasteiger charge is 2.32. The summed E-state index contributed by atoms with van der Waals surface area (Å²) in [7, 11) is 6.04. The molecule has 0 bridgehead atoms. The second-order valence-corrected chi connectivity index (χ2v) is 8.00. The number of rotatable bonds is 5. The van der Waals surface area contributed by atoms with Gasteiger partial charge in [-0.05, 0) is 19.8 Å². The van der Waals surface area contributed by atoms with Crippen molar-refractivity contribution in [2.75, 3.05) is 14.1 Å². The van der Waals surface area contributed by atoms with Crippen molar-refractivity contribution in [1.29, 1.82) is 0 Å². The largest absolute Gasteiger partial charge is 0.347 e. The van der Waals surface area contributed by atoms with Crippen molar-refractivity contribution in [3.63, 3.8) is 0 Å². The molecule has 1 atom stereocenters. The van der Waals surface area contributed by atoms with Crippen molar-refractivity contribution < 1.29 is 9.59 Å². The molecule has 1 unspecified atom stereocenters. The number of aryl methyl sites for hydroxylation is 1. The zero-order chi connectivity index (χ0) is 20.0. The van der Waals surface area contributed by atoms with Gasteiger partial charge >= 0.3 is 5.69 Å². The van der Waals surface area contributed by atoms with Gasteiger partial charge < -0.3 is 4.90 Å². The minimum Gasteiger partial charge on any atom is -0.347 e. The molecule has 0 N–H and O–H groups in total. The number of amides is 1. The highest BCUT2D eigenvalue weighted by molar-refractivity contribution is 8.01. The number of fused-ring (bicyclic) bond motifs is 1. The minimum absolute atomic E-state index is 0.145. The fraction of sp³-hybridized carbons (Fsp3) is 0.529. The van der Waals surface area contributed by atoms with Gasteiger partial charge in [0.25, 0.3) is 5.56 Å². The maximum Gasteiger partial charge on any atom is 0.332 e. The van der Waals surface area contributed by atoms with E-state index in [1.165, 1.54) is 30.5 Å². The summed E-state index contributed by atoms with van der Waals surface area (Å²) < 4.78 is 2.27. The van der Waals surface area contributed by atoms with Crippen molar-refractivity contribution in [2.24, 2.45) is 14.1 Å². The van der Waals surface area contributed by atoms with E-state index in [0.717, 1.165) is 29.2 Å². The van der Waals surface area contributed by atoms with Gasteiger partial charge in [0.1, 0.15) is 21.5 Å². The molecule has 0 saturated heterocycles. The summed E-state index contributed by atoms with van der Waals surface area (Å²) in [5, 5.41) is -0.618. The van der Waals surface area contributed by atoms with Gasteiger partial charge in [-0.1, -0.05) is 11.8 Å². The minimum atomic E-state index is -1.02. The summed E-state index contributed by atoms with van der Waals surface area (Å²) in [5.41, 5.74) is -0.809. The lowest BCUT2D eigenvalue weighted by Gasteiger charge is -2.18. The Balaban J connectivity index is 2.27. The van der Waals surface area contributed by atoms with Crippen LogP contribution in [0.4, 0.5) is 0 Å². The Labute approximate surface area is 159 Å². The van der Waals surface area contributed by atoms with E-state index >= 15 is 0 Å². The molecular weight excluding hydrogens is 370 g/mol. The number of carbonyl (C=O) groups excluding carboxylic acids is 2. The second-order valence-electron chi connectivity index (χ2n) is 6.91. The van der Waals surface area contributed by atoms with E-state index < -0.39 is 16.5 Å². The lowest BCUT2D eigenvalue weighted by atomic mass is 10.3. The summed E-state index contributed by atoms with van der Waals surface area (Å²) in [6.45, 7) is 1.33. The van der Waals surface area contributed by atoms with E-state index in [1.54, 1.807) is 14.1 Å². The standard InChI is InChI=1S/C17H21N5O4S/c1-8(23)11(16(25)20(2)3)27-14-10-13(18-12(19-14)9-6-7-9)21(4)17(26)22(5)15(10)24/h9,11H,6-7H2,1-5H3. The average molecular weight is 391 g/mol. The third kappa shape index (κ3) is 3.41. The molecule has 1 aliphatic carbocycles. The first kappa shape index (κ1) is 19.3. The first-order valence-corrected chi connectivity index (χ1v) is 9.37. The Bertz CT molecular complexity index is 1070. The molecule has 2 aromatic heterocycles. The monoisotopic (exact) mass is 391 g/mol. The van der Waals surface area contributed by atoms with Crippen molar-refractivity contribution >= 4 is 34.5 Å². The highest BCUT2D eigenvalue weighted by Crippen LogP contribution is 2.39. The van der Waals surface area contributed by atoms with E-state index in [2.05, 4.69) is 9.97 Å². The van der Waals surface area contributed by atoms with Gasteiger partial charge in [-0.25, -0.2) is 14.8 Å². The molecule has 3 rings (SSSR count). The summed E-state index contributed by atoms with van der Waals surface area (Å²) in [5.74, 6) is -0.00458. The normalized spacial score (nSPS) is 15.0. The van der Waals surface area contributed by atoms with Crippen LogP contribution in [0.2, 0.25) is 0 Å². The Morgan fingerprint density at radius 2 is 1.78 bits per heavy atom. The molecule has 0 aromatic carbocycles. The molecule has 1 amide bonds. The first-order valence-electron chi connectivity index (χ1n) is 8.49. The molecule has 0 aliphatic heterocycles. The number of thioether (sulfide) groups is 1. The van der Waals surface area contributed by atoms with Crippen LogP contribution in [0.3, 0.4) is 0 Å². The zero-order valence-corrected chi connectivity index (χ0v) is 16.7. The highest BCUT2D eigenvalue weighted by atomic mass is 32.2. The molecule has 10 heteroatoms. The van der Waals surface area contributed by atoms with Crippen LogP contribution in [-0.2, 0) is 23.7 Å². The third-order valence-corrected chi connectivity index (χ3v) is 5.78. The topological polar surface area (TPSA) is 107 Å². The van der Waals surface area contributed by atoms with Crippen LogP contribution in [0.1, 0.15) is 31.5 Å². The first-order chi connectivity index (χ1) is 12.6. The molecule has 1 fully saturated rings. The molecule has 27 heavy (non-hydrogen) atoms. The lowest BCUT2D eigenvalue weighted by molar-refractivity contribution is -0.132. The van der Waals surface area contributed by atoms with Crippen molar-refractivity contribution in [3.8, 4) is 0 Å². The maximum absolute atomic E-state index is 12.8. The van der Waals surface area contributed by atoms with E-state index in [-0.39, 0.29) is 33.7 Å². The molecular formula is C17H21N5O4S. The summed E-state index contributed by atoms with van der Waals surface area (Å²) in [6.07, 6.45) is 1.86. The second kappa shape index (κ2) is 6.91. The number of hydrogen-bond donors (Lipinski definition) is 0. The smallest absolute Gasteiger partial charge is 0.332 e. The van der Waals surface area contributed by atoms with Crippen LogP contribution >= 0.6 is 11.8 Å². The number of hydrogen-bond acceptors (Lipinski definition) is 7. The van der Waals surface area contributed by atoms with Crippen molar-refractivity contribution in [3.05, 3.63) is 26.7 Å². The van der Waals surface area contributed by atoms with E-state index in [1.807, 2.05) is 0 Å².